The third-order valence-electron chi connectivity index (χ3n) is 2.57. The molecule has 86 valence electrons. The first-order valence-electron chi connectivity index (χ1n) is 4.50. The lowest BCUT2D eigenvalue weighted by Crippen LogP contribution is -2.48. The van der Waals surface area contributed by atoms with Crippen LogP contribution in [0.2, 0.25) is 0 Å². The minimum atomic E-state index is -4.72. The lowest BCUT2D eigenvalue weighted by molar-refractivity contribution is -0.123. The number of carbonyl (C=O) groups is 2. The van der Waals surface area contributed by atoms with E-state index in [0.29, 0.717) is 0 Å². The number of nitrogens with zero attached hydrogens (tertiary/aromatic N) is 1. The van der Waals surface area contributed by atoms with Crippen LogP contribution in [-0.2, 0) is 9.36 Å². The van der Waals surface area contributed by atoms with E-state index in [1.807, 2.05) is 5.32 Å². The van der Waals surface area contributed by atoms with Gasteiger partial charge in [0.25, 0.3) is 5.91 Å². The van der Waals surface area contributed by atoms with Crippen LogP contribution in [0.4, 0.5) is 4.79 Å². The van der Waals surface area contributed by atoms with Crippen molar-refractivity contribution < 1.29 is 23.9 Å². The summed E-state index contributed by atoms with van der Waals surface area (Å²) < 4.78 is 11.4. The van der Waals surface area contributed by atoms with Crippen molar-refractivity contribution in [3.8, 4) is 0 Å². The van der Waals surface area contributed by atoms with Crippen LogP contribution in [0.3, 0.4) is 0 Å². The Morgan fingerprint density at radius 3 is 2.20 bits per heavy atom. The van der Waals surface area contributed by atoms with Gasteiger partial charge in [0.05, 0.1) is 0 Å². The average molecular weight is 236 g/mol. The summed E-state index contributed by atoms with van der Waals surface area (Å²) in [4.78, 5) is 42.1. The lowest BCUT2D eigenvalue weighted by Gasteiger charge is -2.33. The zero-order chi connectivity index (χ0) is 11.9. The van der Waals surface area contributed by atoms with Crippen LogP contribution in [0, 0.1) is 0 Å². The maximum Gasteiger partial charge on any atom is 0.360 e. The van der Waals surface area contributed by atoms with Gasteiger partial charge in [-0.25, -0.2) is 4.79 Å². The molecule has 0 aromatic rings. The first kappa shape index (κ1) is 12.2. The summed E-state index contributed by atoms with van der Waals surface area (Å²) in [6.45, 7) is 3.08. The van der Waals surface area contributed by atoms with E-state index in [-0.39, 0.29) is 13.0 Å². The summed E-state index contributed by atoms with van der Waals surface area (Å²) in [7, 11) is -4.72. The summed E-state index contributed by atoms with van der Waals surface area (Å²) in [6.07, 6.45) is -0.122. The van der Waals surface area contributed by atoms with Crippen molar-refractivity contribution >= 4 is 19.5 Å². The molecule has 0 spiro atoms. The lowest BCUT2D eigenvalue weighted by atomic mass is 10.2. The third kappa shape index (κ3) is 1.47. The Bertz CT molecular complexity index is 351. The van der Waals surface area contributed by atoms with Gasteiger partial charge in [-0.05, 0) is 13.3 Å². The van der Waals surface area contributed by atoms with E-state index in [9.17, 15) is 23.9 Å². The fourth-order valence-electron chi connectivity index (χ4n) is 1.81. The zero-order valence-electron chi connectivity index (χ0n) is 8.43. The predicted octanol–water partition coefficient (Wildman–Crippen LogP) is -0.158. The number of likely N-dealkylation sites (N-methyl/N-ethyl adjacent to an activating group) is 1. The first-order chi connectivity index (χ1) is 6.81. The molecule has 8 heteroatoms. The molecule has 0 bridgehead atoms. The normalized spacial score (nSPS) is 27.1. The van der Waals surface area contributed by atoms with Crippen molar-refractivity contribution in [2.75, 3.05) is 6.54 Å². The van der Waals surface area contributed by atoms with E-state index in [0.717, 1.165) is 4.90 Å². The molecule has 1 rings (SSSR count). The molecule has 1 saturated heterocycles. The van der Waals surface area contributed by atoms with Gasteiger partial charge < -0.3 is 9.79 Å². The Morgan fingerprint density at radius 2 is 1.93 bits per heavy atom. The molecule has 3 N–H and O–H groups in total. The summed E-state index contributed by atoms with van der Waals surface area (Å²) in [5.74, 6) is -0.926. The quantitative estimate of drug-likeness (QED) is 0.466. The van der Waals surface area contributed by atoms with E-state index in [1.165, 1.54) is 6.92 Å². The monoisotopic (exact) mass is 236 g/mol. The second-order valence-electron chi connectivity index (χ2n) is 3.22. The smallest absolute Gasteiger partial charge is 0.322 e. The number of rotatable bonds is 3. The number of carbonyl (C=O) groups excluding carboxylic acids is 2. The Balaban J connectivity index is 3.34. The van der Waals surface area contributed by atoms with Crippen LogP contribution < -0.4 is 5.32 Å². The second-order valence-corrected chi connectivity index (χ2v) is 5.05. The molecular weight excluding hydrogens is 223 g/mol. The fourth-order valence-corrected chi connectivity index (χ4v) is 3.09. The van der Waals surface area contributed by atoms with Crippen LogP contribution in [0.25, 0.3) is 0 Å². The highest BCUT2D eigenvalue weighted by atomic mass is 31.2. The van der Waals surface area contributed by atoms with Gasteiger partial charge in [0.2, 0.25) is 5.28 Å². The highest BCUT2D eigenvalue weighted by Gasteiger charge is 2.62. The van der Waals surface area contributed by atoms with Gasteiger partial charge in [0, 0.05) is 6.54 Å². The first-order valence-corrected chi connectivity index (χ1v) is 6.11. The molecule has 0 aliphatic carbocycles. The van der Waals surface area contributed by atoms with Crippen molar-refractivity contribution in [2.45, 2.75) is 25.5 Å². The summed E-state index contributed by atoms with van der Waals surface area (Å²) in [6, 6.07) is -0.757. The van der Waals surface area contributed by atoms with Gasteiger partial charge in [-0.1, -0.05) is 6.92 Å². The van der Waals surface area contributed by atoms with Gasteiger partial charge in [-0.2, -0.15) is 0 Å². The van der Waals surface area contributed by atoms with Crippen molar-refractivity contribution in [1.29, 1.82) is 0 Å². The van der Waals surface area contributed by atoms with Gasteiger partial charge in [0.1, 0.15) is 0 Å². The zero-order valence-corrected chi connectivity index (χ0v) is 9.32. The molecule has 1 fully saturated rings. The molecule has 0 aromatic carbocycles. The van der Waals surface area contributed by atoms with Gasteiger partial charge in [-0.3, -0.25) is 19.6 Å². The summed E-state index contributed by atoms with van der Waals surface area (Å²) in [5.41, 5.74) is 0. The summed E-state index contributed by atoms with van der Waals surface area (Å²) >= 11 is 0. The molecule has 1 atom stereocenters. The Morgan fingerprint density at radius 1 is 1.40 bits per heavy atom. The second kappa shape index (κ2) is 3.59. The number of hydrogen-bond acceptors (Lipinski definition) is 3. The van der Waals surface area contributed by atoms with E-state index in [4.69, 9.17) is 0 Å². The number of amides is 3. The predicted molar refractivity (Wildman–Crippen MR) is 51.0 cm³/mol. The topological polar surface area (TPSA) is 107 Å². The number of imide groups is 1. The van der Waals surface area contributed by atoms with Crippen molar-refractivity contribution in [1.82, 2.24) is 10.2 Å². The molecule has 15 heavy (non-hydrogen) atoms. The SMILES string of the molecule is CCN1C(=O)NC(=O)C1(CC)P(=O)(O)O. The van der Waals surface area contributed by atoms with Gasteiger partial charge in [0.15, 0.2) is 0 Å². The molecule has 7 nitrogen and oxygen atoms in total. The van der Waals surface area contributed by atoms with Crippen LogP contribution in [-0.4, -0.2) is 38.4 Å². The molecule has 1 aliphatic rings. The fraction of sp³-hybridized carbons (Fsp3) is 0.714. The molecule has 0 aromatic heterocycles. The number of urea groups is 1. The Labute approximate surface area is 86.6 Å². The van der Waals surface area contributed by atoms with Crippen LogP contribution in [0.15, 0.2) is 0 Å². The maximum atomic E-state index is 11.5. The molecule has 1 aliphatic heterocycles. The highest BCUT2D eigenvalue weighted by Crippen LogP contribution is 2.56. The van der Waals surface area contributed by atoms with Crippen LogP contribution in [0.5, 0.6) is 0 Å². The summed E-state index contributed by atoms with van der Waals surface area (Å²) in [5, 5.41) is -0.107. The molecule has 1 unspecified atom stereocenters. The number of hydrogen-bond donors (Lipinski definition) is 3. The van der Waals surface area contributed by atoms with Crippen molar-refractivity contribution in [3.63, 3.8) is 0 Å². The van der Waals surface area contributed by atoms with Crippen molar-refractivity contribution in [2.24, 2.45) is 0 Å². The largest absolute Gasteiger partial charge is 0.360 e. The standard InChI is InChI=1S/C7H13N2O5P/c1-3-7(15(12,13)14)5(10)8-6(11)9(7)4-2/h3-4H2,1-2H3,(H,8,10,11)(H2,12,13,14). The third-order valence-corrected chi connectivity index (χ3v) is 4.29. The maximum absolute atomic E-state index is 11.5. The molecule has 0 radical (unpaired) electrons. The van der Waals surface area contributed by atoms with Crippen molar-refractivity contribution in [3.05, 3.63) is 0 Å². The number of nitrogens with one attached hydrogen (secondary N) is 1. The minimum absolute atomic E-state index is 0.0660. The van der Waals surface area contributed by atoms with E-state index < -0.39 is 24.8 Å². The molecule has 3 amide bonds. The van der Waals surface area contributed by atoms with E-state index >= 15 is 0 Å². The Hall–Kier alpha value is -0.910. The van der Waals surface area contributed by atoms with Gasteiger partial charge >= 0.3 is 13.6 Å². The van der Waals surface area contributed by atoms with E-state index in [2.05, 4.69) is 0 Å². The molecular formula is C7H13N2O5P. The van der Waals surface area contributed by atoms with E-state index in [1.54, 1.807) is 6.92 Å². The van der Waals surface area contributed by atoms with Crippen LogP contribution in [0.1, 0.15) is 20.3 Å². The highest BCUT2D eigenvalue weighted by molar-refractivity contribution is 7.54. The van der Waals surface area contributed by atoms with Gasteiger partial charge in [-0.15, -0.1) is 0 Å². The molecule has 0 saturated carbocycles. The minimum Gasteiger partial charge on any atom is -0.322 e. The van der Waals surface area contributed by atoms with Crippen LogP contribution >= 0.6 is 7.60 Å². The average Bonchev–Trinajstić information content (AvgIpc) is 2.35. The Kier molecular flexibility index (Phi) is 2.91. The molecule has 1 heterocycles.